The number of ether oxygens (including phenoxy) is 2. The van der Waals surface area contributed by atoms with Gasteiger partial charge in [0.2, 0.25) is 0 Å². The van der Waals surface area contributed by atoms with Crippen LogP contribution in [0.25, 0.3) is 0 Å². The second kappa shape index (κ2) is 6.07. The average molecular weight is 371 g/mol. The van der Waals surface area contributed by atoms with Crippen LogP contribution in [0.4, 0.5) is 5.82 Å². The topological polar surface area (TPSA) is 56.3 Å². The number of hydrogen-bond donors (Lipinski definition) is 1. The van der Waals surface area contributed by atoms with E-state index in [4.69, 9.17) is 21.1 Å². The zero-order chi connectivity index (χ0) is 14.8. The van der Waals surface area contributed by atoms with E-state index in [-0.39, 0.29) is 6.04 Å². The van der Waals surface area contributed by atoms with Crippen LogP contribution in [-0.4, -0.2) is 23.2 Å². The standard InChI is InChI=1S/C14H13BrClN3O2/c1-8(19-14-11(16)6-17-7-18-14)9-4-12-13(5-10(9)15)21-3-2-20-12/h4-8H,2-3H2,1H3,(H,17,18,19). The number of hydrogen-bond acceptors (Lipinski definition) is 5. The quantitative estimate of drug-likeness (QED) is 0.889. The zero-order valence-corrected chi connectivity index (χ0v) is 13.6. The fourth-order valence-electron chi connectivity index (χ4n) is 2.11. The van der Waals surface area contributed by atoms with E-state index >= 15 is 0 Å². The van der Waals surface area contributed by atoms with E-state index in [1.165, 1.54) is 6.33 Å². The molecule has 1 aliphatic heterocycles. The highest BCUT2D eigenvalue weighted by atomic mass is 79.9. The van der Waals surface area contributed by atoms with Crippen molar-refractivity contribution in [1.29, 1.82) is 0 Å². The summed E-state index contributed by atoms with van der Waals surface area (Å²) in [6, 6.07) is 3.87. The molecule has 1 atom stereocenters. The first-order chi connectivity index (χ1) is 10.1. The van der Waals surface area contributed by atoms with E-state index in [2.05, 4.69) is 31.2 Å². The molecule has 21 heavy (non-hydrogen) atoms. The van der Waals surface area contributed by atoms with Gasteiger partial charge in [-0.15, -0.1) is 0 Å². The van der Waals surface area contributed by atoms with Crippen molar-refractivity contribution in [2.45, 2.75) is 13.0 Å². The number of aromatic nitrogens is 2. The first kappa shape index (κ1) is 14.4. The molecule has 1 aliphatic rings. The lowest BCUT2D eigenvalue weighted by molar-refractivity contribution is 0.171. The molecule has 1 aromatic carbocycles. The second-order valence-corrected chi connectivity index (χ2v) is 5.86. The van der Waals surface area contributed by atoms with Crippen LogP contribution in [0.3, 0.4) is 0 Å². The Bertz CT molecular complexity index is 669. The van der Waals surface area contributed by atoms with Crippen molar-refractivity contribution >= 4 is 33.3 Å². The molecule has 0 radical (unpaired) electrons. The molecule has 0 bridgehead atoms. The second-order valence-electron chi connectivity index (χ2n) is 4.60. The molecule has 0 saturated carbocycles. The summed E-state index contributed by atoms with van der Waals surface area (Å²) < 4.78 is 12.1. The maximum Gasteiger partial charge on any atom is 0.162 e. The lowest BCUT2D eigenvalue weighted by atomic mass is 10.1. The number of fused-ring (bicyclic) bond motifs is 1. The molecule has 2 aromatic rings. The molecular formula is C14H13BrClN3O2. The summed E-state index contributed by atoms with van der Waals surface area (Å²) in [6.07, 6.45) is 3.02. The van der Waals surface area contributed by atoms with Crippen molar-refractivity contribution in [3.8, 4) is 11.5 Å². The Kier molecular flexibility index (Phi) is 4.17. The number of halogens is 2. The summed E-state index contributed by atoms with van der Waals surface area (Å²) >= 11 is 9.63. The first-order valence-corrected chi connectivity index (χ1v) is 7.63. The highest BCUT2D eigenvalue weighted by Crippen LogP contribution is 2.38. The molecule has 0 saturated heterocycles. The van der Waals surface area contributed by atoms with Gasteiger partial charge in [0.1, 0.15) is 30.4 Å². The van der Waals surface area contributed by atoms with E-state index in [9.17, 15) is 0 Å². The van der Waals surface area contributed by atoms with Gasteiger partial charge >= 0.3 is 0 Å². The van der Waals surface area contributed by atoms with Crippen molar-refractivity contribution < 1.29 is 9.47 Å². The lowest BCUT2D eigenvalue weighted by Crippen LogP contribution is -2.16. The molecule has 110 valence electrons. The Morgan fingerprint density at radius 3 is 2.71 bits per heavy atom. The van der Waals surface area contributed by atoms with Crippen molar-refractivity contribution in [1.82, 2.24) is 9.97 Å². The van der Waals surface area contributed by atoms with Crippen molar-refractivity contribution in [3.05, 3.63) is 39.7 Å². The van der Waals surface area contributed by atoms with Gasteiger partial charge in [0.15, 0.2) is 11.5 Å². The number of benzene rings is 1. The molecule has 0 aliphatic carbocycles. The number of anilines is 1. The summed E-state index contributed by atoms with van der Waals surface area (Å²) in [4.78, 5) is 8.01. The third kappa shape index (κ3) is 3.06. The number of nitrogens with one attached hydrogen (secondary N) is 1. The van der Waals surface area contributed by atoms with Gasteiger partial charge in [-0.2, -0.15) is 0 Å². The fraction of sp³-hybridized carbons (Fsp3) is 0.286. The summed E-state index contributed by atoms with van der Waals surface area (Å²) in [5.74, 6) is 2.10. The van der Waals surface area contributed by atoms with Crippen molar-refractivity contribution in [2.24, 2.45) is 0 Å². The highest BCUT2D eigenvalue weighted by molar-refractivity contribution is 9.10. The molecule has 3 rings (SSSR count). The van der Waals surface area contributed by atoms with Gasteiger partial charge in [0.25, 0.3) is 0 Å². The maximum absolute atomic E-state index is 6.07. The van der Waals surface area contributed by atoms with E-state index in [1.807, 2.05) is 19.1 Å². The smallest absolute Gasteiger partial charge is 0.162 e. The van der Waals surface area contributed by atoms with E-state index in [0.29, 0.717) is 24.1 Å². The Labute approximate surface area is 135 Å². The van der Waals surface area contributed by atoms with Gasteiger partial charge in [0.05, 0.1) is 12.2 Å². The molecule has 1 unspecified atom stereocenters. The van der Waals surface area contributed by atoms with Gasteiger partial charge in [0, 0.05) is 4.47 Å². The maximum atomic E-state index is 6.07. The molecule has 0 spiro atoms. The summed E-state index contributed by atoms with van der Waals surface area (Å²) in [5.41, 5.74) is 1.04. The predicted octanol–water partition coefficient (Wildman–Crippen LogP) is 3.84. The molecule has 5 nitrogen and oxygen atoms in total. The Morgan fingerprint density at radius 1 is 1.29 bits per heavy atom. The Morgan fingerprint density at radius 2 is 2.00 bits per heavy atom. The third-order valence-electron chi connectivity index (χ3n) is 3.15. The van der Waals surface area contributed by atoms with Crippen LogP contribution in [0.1, 0.15) is 18.5 Å². The monoisotopic (exact) mass is 369 g/mol. The number of rotatable bonds is 3. The van der Waals surface area contributed by atoms with Crippen LogP contribution < -0.4 is 14.8 Å². The molecule has 7 heteroatoms. The predicted molar refractivity (Wildman–Crippen MR) is 84.2 cm³/mol. The molecule has 2 heterocycles. The van der Waals surface area contributed by atoms with E-state index in [1.54, 1.807) is 6.20 Å². The van der Waals surface area contributed by atoms with Gasteiger partial charge in [-0.25, -0.2) is 9.97 Å². The highest BCUT2D eigenvalue weighted by Gasteiger charge is 2.18. The van der Waals surface area contributed by atoms with Crippen LogP contribution >= 0.6 is 27.5 Å². The fourth-order valence-corrected chi connectivity index (χ4v) is 2.94. The SMILES string of the molecule is CC(Nc1ncncc1Cl)c1cc2c(cc1Br)OCCO2. The average Bonchev–Trinajstić information content (AvgIpc) is 2.49. The van der Waals surface area contributed by atoms with Crippen LogP contribution in [-0.2, 0) is 0 Å². The molecule has 1 N–H and O–H groups in total. The first-order valence-electron chi connectivity index (χ1n) is 6.46. The number of nitrogens with zero attached hydrogens (tertiary/aromatic N) is 2. The zero-order valence-electron chi connectivity index (χ0n) is 11.3. The summed E-state index contributed by atoms with van der Waals surface area (Å²) in [6.45, 7) is 3.16. The van der Waals surface area contributed by atoms with Crippen LogP contribution in [0.15, 0.2) is 29.1 Å². The van der Waals surface area contributed by atoms with E-state index < -0.39 is 0 Å². The van der Waals surface area contributed by atoms with Crippen molar-refractivity contribution in [2.75, 3.05) is 18.5 Å². The summed E-state index contributed by atoms with van der Waals surface area (Å²) in [5, 5.41) is 3.75. The Hall–Kier alpha value is -1.53. The lowest BCUT2D eigenvalue weighted by Gasteiger charge is -2.22. The summed E-state index contributed by atoms with van der Waals surface area (Å²) in [7, 11) is 0. The molecule has 1 aromatic heterocycles. The van der Waals surface area contributed by atoms with Gasteiger partial charge < -0.3 is 14.8 Å². The molecular weight excluding hydrogens is 358 g/mol. The third-order valence-corrected chi connectivity index (χ3v) is 4.11. The molecule has 0 fully saturated rings. The van der Waals surface area contributed by atoms with Gasteiger partial charge in [-0.3, -0.25) is 0 Å². The van der Waals surface area contributed by atoms with Crippen LogP contribution in [0.2, 0.25) is 5.02 Å². The minimum absolute atomic E-state index is 0.0115. The minimum Gasteiger partial charge on any atom is -0.486 e. The van der Waals surface area contributed by atoms with Crippen LogP contribution in [0, 0.1) is 0 Å². The normalized spacial score (nSPS) is 14.6. The van der Waals surface area contributed by atoms with Gasteiger partial charge in [-0.05, 0) is 24.6 Å². The van der Waals surface area contributed by atoms with Crippen LogP contribution in [0.5, 0.6) is 11.5 Å². The molecule has 0 amide bonds. The Balaban J connectivity index is 1.87. The largest absolute Gasteiger partial charge is 0.486 e. The van der Waals surface area contributed by atoms with Gasteiger partial charge in [-0.1, -0.05) is 27.5 Å². The minimum atomic E-state index is -0.0115. The van der Waals surface area contributed by atoms with Crippen molar-refractivity contribution in [3.63, 3.8) is 0 Å². The van der Waals surface area contributed by atoms with E-state index in [0.717, 1.165) is 21.5 Å².